The van der Waals surface area contributed by atoms with Crippen molar-refractivity contribution in [1.29, 1.82) is 0 Å². The standard InChI is InChI=1S/C19H25NO4/c1-4-18(21)24-13-23-17-9-5-14(6-10-17)11-15-7-8-16(19(15)22)12-20(2)3/h5-6,9-11,16H,4,7-8,12-13H2,1-3H3/b15-11+/t16-/m0/s1. The minimum Gasteiger partial charge on any atom is -0.457 e. The van der Waals surface area contributed by atoms with E-state index in [9.17, 15) is 9.59 Å². The van der Waals surface area contributed by atoms with Gasteiger partial charge >= 0.3 is 5.97 Å². The molecule has 1 aromatic rings. The van der Waals surface area contributed by atoms with E-state index in [0.717, 1.165) is 30.5 Å². The highest BCUT2D eigenvalue weighted by atomic mass is 16.7. The van der Waals surface area contributed by atoms with Gasteiger partial charge in [0, 0.05) is 18.9 Å². The van der Waals surface area contributed by atoms with Gasteiger partial charge in [0.1, 0.15) is 5.75 Å². The molecule has 0 radical (unpaired) electrons. The van der Waals surface area contributed by atoms with Crippen LogP contribution in [0.1, 0.15) is 31.7 Å². The Labute approximate surface area is 143 Å². The molecule has 5 nitrogen and oxygen atoms in total. The number of rotatable bonds is 7. The molecule has 0 aromatic heterocycles. The van der Waals surface area contributed by atoms with Crippen LogP contribution in [0.15, 0.2) is 29.8 Å². The number of carbonyl (C=O) groups is 2. The van der Waals surface area contributed by atoms with Gasteiger partial charge in [-0.2, -0.15) is 0 Å². The van der Waals surface area contributed by atoms with Crippen molar-refractivity contribution >= 4 is 17.8 Å². The first-order valence-corrected chi connectivity index (χ1v) is 8.27. The van der Waals surface area contributed by atoms with E-state index in [2.05, 4.69) is 4.90 Å². The quantitative estimate of drug-likeness (QED) is 0.437. The summed E-state index contributed by atoms with van der Waals surface area (Å²) in [5, 5.41) is 0. The molecule has 2 rings (SSSR count). The fourth-order valence-electron chi connectivity index (χ4n) is 2.73. The molecular weight excluding hydrogens is 306 g/mol. The van der Waals surface area contributed by atoms with Crippen LogP contribution in [-0.2, 0) is 14.3 Å². The van der Waals surface area contributed by atoms with E-state index in [1.165, 1.54) is 0 Å². The highest BCUT2D eigenvalue weighted by molar-refractivity contribution is 6.03. The molecule has 0 heterocycles. The Morgan fingerprint density at radius 3 is 2.62 bits per heavy atom. The van der Waals surface area contributed by atoms with Crippen LogP contribution in [0.5, 0.6) is 5.75 Å². The second kappa shape index (κ2) is 8.64. The van der Waals surface area contributed by atoms with Crippen LogP contribution in [0, 0.1) is 5.92 Å². The number of hydrogen-bond donors (Lipinski definition) is 0. The van der Waals surface area contributed by atoms with Gasteiger partial charge in [-0.25, -0.2) is 0 Å². The van der Waals surface area contributed by atoms with Crippen LogP contribution >= 0.6 is 0 Å². The zero-order chi connectivity index (χ0) is 17.5. The van der Waals surface area contributed by atoms with Gasteiger partial charge in [-0.15, -0.1) is 0 Å². The second-order valence-corrected chi connectivity index (χ2v) is 6.23. The second-order valence-electron chi connectivity index (χ2n) is 6.23. The van der Waals surface area contributed by atoms with Crippen molar-refractivity contribution in [3.05, 3.63) is 35.4 Å². The lowest BCUT2D eigenvalue weighted by Gasteiger charge is -2.13. The summed E-state index contributed by atoms with van der Waals surface area (Å²) in [6.45, 7) is 2.45. The first-order chi connectivity index (χ1) is 11.5. The van der Waals surface area contributed by atoms with Crippen molar-refractivity contribution in [2.45, 2.75) is 26.2 Å². The topological polar surface area (TPSA) is 55.8 Å². The minimum absolute atomic E-state index is 0.0855. The summed E-state index contributed by atoms with van der Waals surface area (Å²) in [7, 11) is 3.98. The number of allylic oxidation sites excluding steroid dienone is 1. The SMILES string of the molecule is CCC(=O)OCOc1ccc(/C=C2\CC[C@@H](CN(C)C)C2=O)cc1. The Morgan fingerprint density at radius 1 is 1.29 bits per heavy atom. The van der Waals surface area contributed by atoms with E-state index in [-0.39, 0.29) is 24.5 Å². The largest absolute Gasteiger partial charge is 0.457 e. The summed E-state index contributed by atoms with van der Waals surface area (Å²) in [6, 6.07) is 7.42. The summed E-state index contributed by atoms with van der Waals surface area (Å²) in [5.74, 6) is 0.713. The molecule has 1 atom stereocenters. The Bertz CT molecular complexity index is 604. The predicted octanol–water partition coefficient (Wildman–Crippen LogP) is 2.90. The Kier molecular flexibility index (Phi) is 6.55. The van der Waals surface area contributed by atoms with Gasteiger partial charge in [0.25, 0.3) is 0 Å². The molecule has 0 spiro atoms. The van der Waals surface area contributed by atoms with Gasteiger partial charge in [-0.1, -0.05) is 19.1 Å². The molecule has 130 valence electrons. The van der Waals surface area contributed by atoms with Gasteiger partial charge in [0.2, 0.25) is 6.79 Å². The first-order valence-electron chi connectivity index (χ1n) is 8.27. The molecule has 1 aliphatic rings. The predicted molar refractivity (Wildman–Crippen MR) is 92.6 cm³/mol. The number of esters is 1. The number of nitrogens with zero attached hydrogens (tertiary/aromatic N) is 1. The lowest BCUT2D eigenvalue weighted by atomic mass is 10.0. The maximum atomic E-state index is 12.4. The van der Waals surface area contributed by atoms with Crippen LogP contribution in [0.2, 0.25) is 0 Å². The van der Waals surface area contributed by atoms with Gasteiger partial charge in [-0.3, -0.25) is 9.59 Å². The zero-order valence-corrected chi connectivity index (χ0v) is 14.6. The van der Waals surface area contributed by atoms with Crippen LogP contribution in [0.4, 0.5) is 0 Å². The van der Waals surface area contributed by atoms with Crippen molar-refractivity contribution in [3.63, 3.8) is 0 Å². The number of hydrogen-bond acceptors (Lipinski definition) is 5. The van der Waals surface area contributed by atoms with Gasteiger partial charge < -0.3 is 14.4 Å². The van der Waals surface area contributed by atoms with Crippen molar-refractivity contribution in [2.24, 2.45) is 5.92 Å². The molecule has 1 fully saturated rings. The van der Waals surface area contributed by atoms with Crippen LogP contribution < -0.4 is 4.74 Å². The molecular formula is C19H25NO4. The highest BCUT2D eigenvalue weighted by Gasteiger charge is 2.29. The molecule has 5 heteroatoms. The number of benzene rings is 1. The smallest absolute Gasteiger partial charge is 0.308 e. The number of Topliss-reactive ketones (excluding diaryl/α,β-unsaturated/α-hetero) is 1. The summed E-state index contributed by atoms with van der Waals surface area (Å²) in [4.78, 5) is 25.5. The third-order valence-electron chi connectivity index (χ3n) is 3.99. The minimum atomic E-state index is -0.289. The maximum Gasteiger partial charge on any atom is 0.308 e. The number of carbonyl (C=O) groups excluding carboxylic acids is 2. The summed E-state index contributed by atoms with van der Waals surface area (Å²) >= 11 is 0. The average Bonchev–Trinajstić information content (AvgIpc) is 2.89. The van der Waals surface area contributed by atoms with E-state index >= 15 is 0 Å². The molecule has 1 aromatic carbocycles. The van der Waals surface area contributed by atoms with Crippen LogP contribution in [0.25, 0.3) is 6.08 Å². The first kappa shape index (κ1) is 18.2. The fraction of sp³-hybridized carbons (Fsp3) is 0.474. The molecule has 0 N–H and O–H groups in total. The van der Waals surface area contributed by atoms with Crippen LogP contribution in [0.3, 0.4) is 0 Å². The van der Waals surface area contributed by atoms with Crippen molar-refractivity contribution < 1.29 is 19.1 Å². The highest BCUT2D eigenvalue weighted by Crippen LogP contribution is 2.29. The molecule has 0 amide bonds. The molecule has 0 bridgehead atoms. The van der Waals surface area contributed by atoms with Crippen molar-refractivity contribution in [2.75, 3.05) is 27.4 Å². The summed E-state index contributed by atoms with van der Waals surface area (Å²) in [6.07, 6.45) is 4.05. The van der Waals surface area contributed by atoms with E-state index in [1.807, 2.05) is 44.4 Å². The zero-order valence-electron chi connectivity index (χ0n) is 14.6. The van der Waals surface area contributed by atoms with Gasteiger partial charge in [0.15, 0.2) is 5.78 Å². The Hall–Kier alpha value is -2.14. The molecule has 24 heavy (non-hydrogen) atoms. The van der Waals surface area contributed by atoms with E-state index < -0.39 is 0 Å². The molecule has 0 unspecified atom stereocenters. The Balaban J connectivity index is 1.91. The molecule has 1 aliphatic carbocycles. The summed E-state index contributed by atoms with van der Waals surface area (Å²) < 4.78 is 10.2. The van der Waals surface area contributed by atoms with E-state index in [1.54, 1.807) is 6.92 Å². The van der Waals surface area contributed by atoms with E-state index in [0.29, 0.717) is 12.2 Å². The monoisotopic (exact) mass is 331 g/mol. The van der Waals surface area contributed by atoms with Crippen molar-refractivity contribution in [3.8, 4) is 5.75 Å². The third-order valence-corrected chi connectivity index (χ3v) is 3.99. The number of ether oxygens (including phenoxy) is 2. The summed E-state index contributed by atoms with van der Waals surface area (Å²) in [5.41, 5.74) is 1.87. The molecule has 1 saturated carbocycles. The lowest BCUT2D eigenvalue weighted by molar-refractivity contribution is -0.149. The van der Waals surface area contributed by atoms with Crippen LogP contribution in [-0.4, -0.2) is 44.1 Å². The van der Waals surface area contributed by atoms with Gasteiger partial charge in [-0.05, 0) is 56.3 Å². The van der Waals surface area contributed by atoms with Gasteiger partial charge in [0.05, 0.1) is 0 Å². The van der Waals surface area contributed by atoms with E-state index in [4.69, 9.17) is 9.47 Å². The Morgan fingerprint density at radius 2 is 2.00 bits per heavy atom. The third kappa shape index (κ3) is 5.20. The molecule has 0 aliphatic heterocycles. The van der Waals surface area contributed by atoms with Crippen molar-refractivity contribution in [1.82, 2.24) is 4.90 Å². The fourth-order valence-corrected chi connectivity index (χ4v) is 2.73. The molecule has 0 saturated heterocycles. The normalized spacial score (nSPS) is 19.1. The average molecular weight is 331 g/mol. The number of ketones is 1. The lowest BCUT2D eigenvalue weighted by Crippen LogP contribution is -2.24. The maximum absolute atomic E-state index is 12.4.